The first-order valence-corrected chi connectivity index (χ1v) is 4.60. The lowest BCUT2D eigenvalue weighted by molar-refractivity contribution is -0.138. The molecule has 0 aromatic carbocycles. The van der Waals surface area contributed by atoms with Crippen molar-refractivity contribution < 1.29 is 28.7 Å². The Kier molecular flexibility index (Phi) is 2.21. The minimum Gasteiger partial charge on any atom is -0.308 e. The predicted molar refractivity (Wildman–Crippen MR) is 37.3 cm³/mol. The van der Waals surface area contributed by atoms with E-state index in [1.807, 2.05) is 0 Å². The summed E-state index contributed by atoms with van der Waals surface area (Å²) in [6.45, 7) is -0.894. The molecule has 1 rings (SSSR count). The molecule has 0 saturated carbocycles. The Morgan fingerprint density at radius 3 is 2.31 bits per heavy atom. The molecule has 0 aromatic heterocycles. The predicted octanol–water partition coefficient (Wildman–Crippen LogP) is -1.80. The molecule has 0 spiro atoms. The van der Waals surface area contributed by atoms with Crippen molar-refractivity contribution in [3.05, 3.63) is 0 Å². The quantitative estimate of drug-likeness (QED) is 0.345. The molecule has 1 aliphatic heterocycles. The van der Waals surface area contributed by atoms with Crippen molar-refractivity contribution in [2.24, 2.45) is 0 Å². The highest BCUT2D eigenvalue weighted by Gasteiger charge is 2.39. The third-order valence-electron chi connectivity index (χ3n) is 1.32. The number of imide groups is 1. The lowest BCUT2D eigenvalue weighted by Crippen LogP contribution is -2.53. The van der Waals surface area contributed by atoms with E-state index < -0.39 is 32.0 Å². The number of amides is 3. The third-order valence-corrected chi connectivity index (χ3v) is 2.27. The first kappa shape index (κ1) is 9.85. The van der Waals surface area contributed by atoms with E-state index in [1.165, 1.54) is 5.32 Å². The molecule has 3 N–H and O–H groups in total. The van der Waals surface area contributed by atoms with E-state index >= 15 is 0 Å². The molecule has 1 aliphatic rings. The molecule has 1 fully saturated rings. The lowest BCUT2D eigenvalue weighted by Gasteiger charge is -2.25. The second-order valence-corrected chi connectivity index (χ2v) is 3.76. The summed E-state index contributed by atoms with van der Waals surface area (Å²) in [6.07, 6.45) is 0. The summed E-state index contributed by atoms with van der Waals surface area (Å²) in [5.41, 5.74) is 0. The van der Waals surface area contributed by atoms with Crippen LogP contribution in [0.25, 0.3) is 0 Å². The fourth-order valence-corrected chi connectivity index (χ4v) is 1.32. The third kappa shape index (κ3) is 1.92. The number of nitrogens with one attached hydrogen (secondary N) is 1. The van der Waals surface area contributed by atoms with Crippen LogP contribution in [0.4, 0.5) is 4.79 Å². The van der Waals surface area contributed by atoms with Crippen LogP contribution in [0.5, 0.6) is 0 Å². The number of carbonyl (C=O) groups excluding carboxylic acids is 3. The number of ketones is 1. The molecule has 72 valence electrons. The van der Waals surface area contributed by atoms with Crippen molar-refractivity contribution >= 4 is 25.5 Å². The molecule has 0 radical (unpaired) electrons. The Balaban J connectivity index is 2.91. The largest absolute Gasteiger partial charge is 0.434 e. The summed E-state index contributed by atoms with van der Waals surface area (Å²) < 4.78 is 10.5. The van der Waals surface area contributed by atoms with Gasteiger partial charge in [-0.1, -0.05) is 0 Å². The Morgan fingerprint density at radius 1 is 1.31 bits per heavy atom. The SMILES string of the molecule is O=C1CN(P(=O)(O)O)C(=O)NC1=O. The van der Waals surface area contributed by atoms with E-state index in [9.17, 15) is 18.9 Å². The van der Waals surface area contributed by atoms with Crippen molar-refractivity contribution in [1.82, 2.24) is 9.99 Å². The maximum absolute atomic E-state index is 10.7. The van der Waals surface area contributed by atoms with Crippen LogP contribution in [0.2, 0.25) is 0 Å². The van der Waals surface area contributed by atoms with Gasteiger partial charge in [-0.15, -0.1) is 0 Å². The van der Waals surface area contributed by atoms with E-state index in [0.717, 1.165) is 0 Å². The second-order valence-electron chi connectivity index (χ2n) is 2.25. The van der Waals surface area contributed by atoms with Gasteiger partial charge in [-0.2, -0.15) is 0 Å². The summed E-state index contributed by atoms with van der Waals surface area (Å²) in [4.78, 5) is 49.0. The van der Waals surface area contributed by atoms with Crippen LogP contribution in [0, 0.1) is 0 Å². The fourth-order valence-electron chi connectivity index (χ4n) is 0.721. The maximum Gasteiger partial charge on any atom is 0.434 e. The van der Waals surface area contributed by atoms with Gasteiger partial charge in [0.25, 0.3) is 5.91 Å². The molecule has 0 unspecified atom stereocenters. The molecule has 0 bridgehead atoms. The molecule has 8 nitrogen and oxygen atoms in total. The average Bonchev–Trinajstić information content (AvgIpc) is 1.94. The number of urea groups is 1. The molecule has 1 heterocycles. The number of rotatable bonds is 1. The first-order chi connectivity index (χ1) is 5.82. The van der Waals surface area contributed by atoms with Gasteiger partial charge in [0.05, 0.1) is 0 Å². The average molecular weight is 208 g/mol. The van der Waals surface area contributed by atoms with E-state index in [4.69, 9.17) is 9.79 Å². The van der Waals surface area contributed by atoms with Gasteiger partial charge in [-0.25, -0.2) is 14.0 Å². The van der Waals surface area contributed by atoms with E-state index in [-0.39, 0.29) is 4.67 Å². The van der Waals surface area contributed by atoms with Crippen molar-refractivity contribution in [2.75, 3.05) is 6.54 Å². The van der Waals surface area contributed by atoms with Gasteiger partial charge >= 0.3 is 13.8 Å². The molecule has 9 heteroatoms. The monoisotopic (exact) mass is 208 g/mol. The van der Waals surface area contributed by atoms with Gasteiger partial charge in [0.1, 0.15) is 6.54 Å². The molecule has 1 saturated heterocycles. The van der Waals surface area contributed by atoms with Crippen molar-refractivity contribution in [1.29, 1.82) is 0 Å². The fraction of sp³-hybridized carbons (Fsp3) is 0.250. The first-order valence-electron chi connectivity index (χ1n) is 3.04. The van der Waals surface area contributed by atoms with Gasteiger partial charge in [-0.3, -0.25) is 14.9 Å². The highest BCUT2D eigenvalue weighted by Crippen LogP contribution is 2.40. The number of hydrogen-bond acceptors (Lipinski definition) is 4. The van der Waals surface area contributed by atoms with Crippen LogP contribution in [-0.2, 0) is 14.2 Å². The standard InChI is InChI=1S/C4H5N2O6P/c7-2-1-6(13(10,11)12)4(9)5-3(2)8/h1H2,(H,5,8,9)(H2,10,11,12). The van der Waals surface area contributed by atoms with Gasteiger partial charge in [0.2, 0.25) is 5.78 Å². The van der Waals surface area contributed by atoms with E-state index in [2.05, 4.69) is 0 Å². The minimum atomic E-state index is -4.81. The highest BCUT2D eigenvalue weighted by atomic mass is 31.2. The van der Waals surface area contributed by atoms with Gasteiger partial charge < -0.3 is 9.79 Å². The van der Waals surface area contributed by atoms with Crippen LogP contribution in [0.3, 0.4) is 0 Å². The van der Waals surface area contributed by atoms with Crippen molar-refractivity contribution in [3.8, 4) is 0 Å². The van der Waals surface area contributed by atoms with Crippen molar-refractivity contribution in [2.45, 2.75) is 0 Å². The number of Topliss-reactive ketones (excluding diaryl/α,β-unsaturated/α-hetero) is 1. The molecular formula is C4H5N2O6P. The summed E-state index contributed by atoms with van der Waals surface area (Å²) in [7, 11) is -4.81. The Morgan fingerprint density at radius 2 is 1.85 bits per heavy atom. The summed E-state index contributed by atoms with van der Waals surface area (Å²) >= 11 is 0. The topological polar surface area (TPSA) is 124 Å². The summed E-state index contributed by atoms with van der Waals surface area (Å²) in [5.74, 6) is -2.22. The lowest BCUT2D eigenvalue weighted by atomic mass is 10.3. The second kappa shape index (κ2) is 2.91. The van der Waals surface area contributed by atoms with Gasteiger partial charge in [0, 0.05) is 0 Å². The minimum absolute atomic E-state index is 0.00324. The maximum atomic E-state index is 10.7. The molecule has 0 atom stereocenters. The zero-order valence-corrected chi connectivity index (χ0v) is 7.02. The van der Waals surface area contributed by atoms with E-state index in [1.54, 1.807) is 0 Å². The number of hydrogen-bond donors (Lipinski definition) is 3. The molecular weight excluding hydrogens is 203 g/mol. The van der Waals surface area contributed by atoms with Crippen LogP contribution in [-0.4, -0.2) is 38.7 Å². The summed E-state index contributed by atoms with van der Waals surface area (Å²) in [5, 5.41) is 1.49. The molecule has 3 amide bonds. The molecule has 0 aliphatic carbocycles. The zero-order valence-electron chi connectivity index (χ0n) is 6.13. The van der Waals surface area contributed by atoms with E-state index in [0.29, 0.717) is 0 Å². The number of nitrogens with zero attached hydrogens (tertiary/aromatic N) is 1. The van der Waals surface area contributed by atoms with Crippen LogP contribution >= 0.6 is 7.75 Å². The zero-order chi connectivity index (χ0) is 10.2. The Bertz CT molecular complexity index is 332. The van der Waals surface area contributed by atoms with Gasteiger partial charge in [-0.05, 0) is 0 Å². The van der Waals surface area contributed by atoms with Crippen molar-refractivity contribution in [3.63, 3.8) is 0 Å². The van der Waals surface area contributed by atoms with Gasteiger partial charge in [0.15, 0.2) is 0 Å². The van der Waals surface area contributed by atoms with Crippen LogP contribution in [0.15, 0.2) is 0 Å². The number of carbonyl (C=O) groups is 3. The highest BCUT2D eigenvalue weighted by molar-refractivity contribution is 7.50. The Hall–Kier alpha value is -1.24. The van der Waals surface area contributed by atoms with Crippen LogP contribution < -0.4 is 5.32 Å². The molecule has 13 heavy (non-hydrogen) atoms. The normalized spacial score (nSPS) is 18.9. The van der Waals surface area contributed by atoms with Crippen LogP contribution in [0.1, 0.15) is 0 Å². The smallest absolute Gasteiger partial charge is 0.308 e. The summed E-state index contributed by atoms with van der Waals surface area (Å²) in [6, 6.07) is -1.27. The molecule has 0 aromatic rings. The Labute approximate surface area is 71.7 Å².